The van der Waals surface area contributed by atoms with Crippen LogP contribution in [0, 0.1) is 0 Å². The highest BCUT2D eigenvalue weighted by Gasteiger charge is 2.25. The highest BCUT2D eigenvalue weighted by atomic mass is 16.5. The van der Waals surface area contributed by atoms with E-state index < -0.39 is 0 Å². The molecule has 1 fully saturated rings. The third-order valence-corrected chi connectivity index (χ3v) is 3.84. The van der Waals surface area contributed by atoms with Crippen molar-refractivity contribution in [2.75, 3.05) is 25.1 Å². The lowest BCUT2D eigenvalue weighted by molar-refractivity contribution is -0.121. The van der Waals surface area contributed by atoms with Gasteiger partial charge in [0.25, 0.3) is 5.56 Å². The fourth-order valence-corrected chi connectivity index (χ4v) is 2.79. The van der Waals surface area contributed by atoms with E-state index in [1.807, 2.05) is 4.90 Å². The number of aromatic nitrogens is 2. The third-order valence-electron chi connectivity index (χ3n) is 3.84. The summed E-state index contributed by atoms with van der Waals surface area (Å²) < 4.78 is 10.2. The summed E-state index contributed by atoms with van der Waals surface area (Å²) in [5, 5.41) is 2.99. The van der Waals surface area contributed by atoms with Crippen molar-refractivity contribution >= 4 is 11.9 Å². The SMILES string of the molecule is COCc1cc(=O)[nH]c(N2CCC(NC(=O)Cc3ccco3)C2)n1. The zero-order valence-electron chi connectivity index (χ0n) is 13.4. The van der Waals surface area contributed by atoms with E-state index in [0.29, 0.717) is 30.5 Å². The van der Waals surface area contributed by atoms with Crippen molar-refractivity contribution in [3.8, 4) is 0 Å². The van der Waals surface area contributed by atoms with Gasteiger partial charge in [0.05, 0.1) is 25.0 Å². The van der Waals surface area contributed by atoms with Crippen molar-refractivity contribution in [1.29, 1.82) is 0 Å². The number of furan rings is 1. The van der Waals surface area contributed by atoms with Crippen molar-refractivity contribution in [3.05, 3.63) is 46.3 Å². The highest BCUT2D eigenvalue weighted by molar-refractivity contribution is 5.78. The van der Waals surface area contributed by atoms with E-state index >= 15 is 0 Å². The van der Waals surface area contributed by atoms with E-state index in [2.05, 4.69) is 15.3 Å². The van der Waals surface area contributed by atoms with Crippen LogP contribution in [0.25, 0.3) is 0 Å². The number of nitrogens with one attached hydrogen (secondary N) is 2. The van der Waals surface area contributed by atoms with Gasteiger partial charge in [-0.25, -0.2) is 4.98 Å². The van der Waals surface area contributed by atoms with Crippen LogP contribution in [0.5, 0.6) is 0 Å². The normalized spacial score (nSPS) is 17.2. The van der Waals surface area contributed by atoms with Crippen LogP contribution in [0.1, 0.15) is 17.9 Å². The zero-order valence-corrected chi connectivity index (χ0v) is 13.4. The van der Waals surface area contributed by atoms with Crippen LogP contribution >= 0.6 is 0 Å². The van der Waals surface area contributed by atoms with Crippen LogP contribution in [0.15, 0.2) is 33.7 Å². The van der Waals surface area contributed by atoms with Gasteiger partial charge in [0.1, 0.15) is 5.76 Å². The Balaban J connectivity index is 1.59. The van der Waals surface area contributed by atoms with Crippen molar-refractivity contribution in [3.63, 3.8) is 0 Å². The van der Waals surface area contributed by atoms with Crippen LogP contribution in [0.4, 0.5) is 5.95 Å². The van der Waals surface area contributed by atoms with E-state index in [0.717, 1.165) is 6.42 Å². The minimum Gasteiger partial charge on any atom is -0.469 e. The van der Waals surface area contributed by atoms with E-state index in [-0.39, 0.29) is 30.5 Å². The number of hydrogen-bond acceptors (Lipinski definition) is 6. The average molecular weight is 332 g/mol. The van der Waals surface area contributed by atoms with Crippen LogP contribution in [0.3, 0.4) is 0 Å². The molecule has 2 aromatic heterocycles. The molecule has 0 spiro atoms. The maximum Gasteiger partial charge on any atom is 0.252 e. The van der Waals surface area contributed by atoms with E-state index in [1.165, 1.54) is 6.07 Å². The number of aromatic amines is 1. The molecule has 8 nitrogen and oxygen atoms in total. The van der Waals surface area contributed by atoms with Gasteiger partial charge >= 0.3 is 0 Å². The molecule has 2 aromatic rings. The quantitative estimate of drug-likeness (QED) is 0.796. The lowest BCUT2D eigenvalue weighted by Gasteiger charge is -2.18. The van der Waals surface area contributed by atoms with Gasteiger partial charge < -0.3 is 19.4 Å². The second-order valence-corrected chi connectivity index (χ2v) is 5.75. The number of nitrogens with zero attached hydrogens (tertiary/aromatic N) is 2. The summed E-state index contributed by atoms with van der Waals surface area (Å²) in [6.07, 6.45) is 2.57. The topological polar surface area (TPSA) is 100 Å². The lowest BCUT2D eigenvalue weighted by Crippen LogP contribution is -2.38. The van der Waals surface area contributed by atoms with Gasteiger partial charge in [-0.2, -0.15) is 0 Å². The Morgan fingerprint density at radius 1 is 1.58 bits per heavy atom. The molecule has 1 amide bonds. The van der Waals surface area contributed by atoms with Gasteiger partial charge in [0.2, 0.25) is 11.9 Å². The molecule has 128 valence electrons. The van der Waals surface area contributed by atoms with Gasteiger partial charge in [-0.15, -0.1) is 0 Å². The molecule has 1 unspecified atom stereocenters. The molecule has 1 atom stereocenters. The third kappa shape index (κ3) is 4.02. The van der Waals surface area contributed by atoms with E-state index in [4.69, 9.17) is 9.15 Å². The van der Waals surface area contributed by atoms with Gasteiger partial charge in [0.15, 0.2) is 0 Å². The first-order valence-electron chi connectivity index (χ1n) is 7.80. The Morgan fingerprint density at radius 2 is 2.46 bits per heavy atom. The minimum atomic E-state index is -0.211. The van der Waals surface area contributed by atoms with E-state index in [9.17, 15) is 9.59 Å². The molecule has 0 aromatic carbocycles. The summed E-state index contributed by atoms with van der Waals surface area (Å²) in [4.78, 5) is 32.8. The molecule has 1 aliphatic heterocycles. The van der Waals surface area contributed by atoms with Crippen molar-refractivity contribution in [2.45, 2.75) is 25.5 Å². The average Bonchev–Trinajstić information content (AvgIpc) is 3.19. The van der Waals surface area contributed by atoms with Gasteiger partial charge in [-0.1, -0.05) is 0 Å². The summed E-state index contributed by atoms with van der Waals surface area (Å²) in [6.45, 7) is 1.60. The fraction of sp³-hybridized carbons (Fsp3) is 0.438. The monoisotopic (exact) mass is 332 g/mol. The minimum absolute atomic E-state index is 0.0174. The van der Waals surface area contributed by atoms with Crippen LogP contribution in [-0.4, -0.2) is 42.1 Å². The molecule has 0 radical (unpaired) electrons. The number of amides is 1. The maximum absolute atomic E-state index is 12.0. The summed E-state index contributed by atoms with van der Waals surface area (Å²) in [5.74, 6) is 1.07. The molecular formula is C16H20N4O4. The first-order valence-corrected chi connectivity index (χ1v) is 7.80. The molecule has 24 heavy (non-hydrogen) atoms. The standard InChI is InChI=1S/C16H20N4O4/c1-23-10-12-7-14(21)19-16(18-12)20-5-4-11(9-20)17-15(22)8-13-3-2-6-24-13/h2-3,6-7,11H,4-5,8-10H2,1H3,(H,17,22)(H,18,19,21). The molecule has 0 bridgehead atoms. The molecule has 3 heterocycles. The predicted octanol–water partition coefficient (Wildman–Crippen LogP) is 0.447. The smallest absolute Gasteiger partial charge is 0.252 e. The second-order valence-electron chi connectivity index (χ2n) is 5.75. The Bertz CT molecular complexity index is 741. The van der Waals surface area contributed by atoms with Gasteiger partial charge in [0, 0.05) is 32.3 Å². The summed E-state index contributed by atoms with van der Waals surface area (Å²) in [5.41, 5.74) is 0.374. The lowest BCUT2D eigenvalue weighted by atomic mass is 10.2. The molecule has 3 rings (SSSR count). The molecule has 0 saturated carbocycles. The molecule has 8 heteroatoms. The number of methoxy groups -OCH3 is 1. The van der Waals surface area contributed by atoms with Crippen molar-refractivity contribution < 1.29 is 13.9 Å². The number of ether oxygens (including phenoxy) is 1. The molecule has 2 N–H and O–H groups in total. The summed E-state index contributed by atoms with van der Waals surface area (Å²) in [6, 6.07) is 4.97. The van der Waals surface area contributed by atoms with Crippen LogP contribution in [-0.2, 0) is 22.6 Å². The Labute approximate surface area is 138 Å². The van der Waals surface area contributed by atoms with E-state index in [1.54, 1.807) is 25.5 Å². The highest BCUT2D eigenvalue weighted by Crippen LogP contribution is 2.15. The van der Waals surface area contributed by atoms with Gasteiger partial charge in [-0.3, -0.25) is 14.6 Å². The predicted molar refractivity (Wildman–Crippen MR) is 86.7 cm³/mol. The Morgan fingerprint density at radius 3 is 3.21 bits per heavy atom. The Kier molecular flexibility index (Phi) is 4.95. The largest absolute Gasteiger partial charge is 0.469 e. The molecule has 1 saturated heterocycles. The number of rotatable bonds is 6. The van der Waals surface area contributed by atoms with Crippen molar-refractivity contribution in [1.82, 2.24) is 15.3 Å². The maximum atomic E-state index is 12.0. The summed E-state index contributed by atoms with van der Waals surface area (Å²) >= 11 is 0. The number of carbonyl (C=O) groups excluding carboxylic acids is 1. The number of hydrogen-bond donors (Lipinski definition) is 2. The van der Waals surface area contributed by atoms with Crippen LogP contribution < -0.4 is 15.8 Å². The molecule has 1 aliphatic rings. The molecule has 0 aliphatic carbocycles. The van der Waals surface area contributed by atoms with Crippen molar-refractivity contribution in [2.24, 2.45) is 0 Å². The number of H-pyrrole nitrogens is 1. The Hall–Kier alpha value is -2.61. The zero-order chi connectivity index (χ0) is 16.9. The van der Waals surface area contributed by atoms with Gasteiger partial charge in [-0.05, 0) is 18.6 Å². The summed E-state index contributed by atoms with van der Waals surface area (Å²) in [7, 11) is 1.56. The first-order chi connectivity index (χ1) is 11.6. The first kappa shape index (κ1) is 16.3. The number of carbonyl (C=O) groups is 1. The van der Waals surface area contributed by atoms with Crippen LogP contribution in [0.2, 0.25) is 0 Å². The second kappa shape index (κ2) is 7.31. The number of anilines is 1. The molecular weight excluding hydrogens is 312 g/mol. The fourth-order valence-electron chi connectivity index (χ4n) is 2.79.